The maximum Gasteiger partial charge on any atom is 0.315 e. The molecule has 0 fully saturated rings. The Morgan fingerprint density at radius 3 is 2.64 bits per heavy atom. The Bertz CT molecular complexity index is 511. The van der Waals surface area contributed by atoms with Gasteiger partial charge in [-0.15, -0.1) is 0 Å². The molecule has 124 valence electrons. The summed E-state index contributed by atoms with van der Waals surface area (Å²) in [4.78, 5) is 11.9. The second-order valence-corrected chi connectivity index (χ2v) is 5.79. The Kier molecular flexibility index (Phi) is 6.74. The van der Waals surface area contributed by atoms with Crippen LogP contribution in [0.2, 0.25) is 0 Å². The molecular formula is C16H24F2N2O2. The monoisotopic (exact) mass is 314 g/mol. The molecule has 0 spiro atoms. The number of benzene rings is 1. The van der Waals surface area contributed by atoms with Gasteiger partial charge >= 0.3 is 6.03 Å². The van der Waals surface area contributed by atoms with Gasteiger partial charge in [0.1, 0.15) is 11.6 Å². The minimum Gasteiger partial charge on any atom is -0.396 e. The van der Waals surface area contributed by atoms with Crippen LogP contribution in [0, 0.1) is 11.6 Å². The standard InChI is InChI=1S/C16H24F2N2O2/c1-4-16(3,7-8-21)20-15(22)19-10-11(2)13-6-5-12(17)9-14(13)18/h5-6,9,11,21H,4,7-8,10H2,1-3H3,(H2,19,20,22). The van der Waals surface area contributed by atoms with Crippen molar-refractivity contribution in [1.82, 2.24) is 10.6 Å². The van der Waals surface area contributed by atoms with E-state index in [4.69, 9.17) is 5.11 Å². The predicted octanol–water partition coefficient (Wildman–Crippen LogP) is 2.92. The number of nitrogens with one attached hydrogen (secondary N) is 2. The SMILES string of the molecule is CCC(C)(CCO)NC(=O)NCC(C)c1ccc(F)cc1F. The molecule has 4 nitrogen and oxygen atoms in total. The minimum absolute atomic E-state index is 0.0121. The smallest absolute Gasteiger partial charge is 0.315 e. The third-order valence-electron chi connectivity index (χ3n) is 3.92. The Hall–Kier alpha value is -1.69. The summed E-state index contributed by atoms with van der Waals surface area (Å²) >= 11 is 0. The van der Waals surface area contributed by atoms with Crippen molar-refractivity contribution >= 4 is 6.03 Å². The van der Waals surface area contributed by atoms with Gasteiger partial charge in [0.2, 0.25) is 0 Å². The average molecular weight is 314 g/mol. The number of hydrogen-bond acceptors (Lipinski definition) is 2. The van der Waals surface area contributed by atoms with E-state index >= 15 is 0 Å². The number of carbonyl (C=O) groups is 1. The van der Waals surface area contributed by atoms with Crippen molar-refractivity contribution in [3.05, 3.63) is 35.4 Å². The lowest BCUT2D eigenvalue weighted by molar-refractivity contribution is 0.200. The van der Waals surface area contributed by atoms with Crippen molar-refractivity contribution in [3.8, 4) is 0 Å². The van der Waals surface area contributed by atoms with E-state index in [2.05, 4.69) is 10.6 Å². The molecule has 6 heteroatoms. The lowest BCUT2D eigenvalue weighted by Gasteiger charge is -2.29. The zero-order valence-corrected chi connectivity index (χ0v) is 13.2. The zero-order chi connectivity index (χ0) is 16.8. The van der Waals surface area contributed by atoms with Gasteiger partial charge in [-0.1, -0.05) is 19.9 Å². The van der Waals surface area contributed by atoms with Gasteiger partial charge in [0.25, 0.3) is 0 Å². The fourth-order valence-electron chi connectivity index (χ4n) is 2.15. The number of aliphatic hydroxyl groups is 1. The van der Waals surface area contributed by atoms with Gasteiger partial charge in [-0.2, -0.15) is 0 Å². The van der Waals surface area contributed by atoms with Crippen LogP contribution >= 0.6 is 0 Å². The number of halogens is 2. The lowest BCUT2D eigenvalue weighted by atomic mass is 9.95. The van der Waals surface area contributed by atoms with E-state index in [-0.39, 0.29) is 25.1 Å². The molecular weight excluding hydrogens is 290 g/mol. The molecule has 0 bridgehead atoms. The van der Waals surface area contributed by atoms with Crippen molar-refractivity contribution in [2.75, 3.05) is 13.2 Å². The molecule has 1 aromatic rings. The van der Waals surface area contributed by atoms with E-state index in [1.54, 1.807) is 6.92 Å². The second kappa shape index (κ2) is 8.08. The predicted molar refractivity (Wildman–Crippen MR) is 81.7 cm³/mol. The maximum absolute atomic E-state index is 13.7. The van der Waals surface area contributed by atoms with Crippen LogP contribution in [0.4, 0.5) is 13.6 Å². The first-order chi connectivity index (χ1) is 10.3. The van der Waals surface area contributed by atoms with Gasteiger partial charge in [0.05, 0.1) is 0 Å². The highest BCUT2D eigenvalue weighted by Gasteiger charge is 2.23. The van der Waals surface area contributed by atoms with Gasteiger partial charge in [0.15, 0.2) is 0 Å². The summed E-state index contributed by atoms with van der Waals surface area (Å²) in [5.74, 6) is -1.52. The van der Waals surface area contributed by atoms with Gasteiger partial charge < -0.3 is 15.7 Å². The third-order valence-corrected chi connectivity index (χ3v) is 3.92. The molecule has 0 aliphatic heterocycles. The molecule has 2 unspecified atom stereocenters. The third kappa shape index (κ3) is 5.26. The zero-order valence-electron chi connectivity index (χ0n) is 13.2. The Labute approximate surface area is 129 Å². The summed E-state index contributed by atoms with van der Waals surface area (Å²) in [5, 5.41) is 14.5. The summed E-state index contributed by atoms with van der Waals surface area (Å²) in [6.45, 7) is 5.75. The Morgan fingerprint density at radius 2 is 2.09 bits per heavy atom. The van der Waals surface area contributed by atoms with Gasteiger partial charge in [-0.05, 0) is 31.4 Å². The molecule has 0 saturated carbocycles. The van der Waals surface area contributed by atoms with Crippen LogP contribution in [-0.2, 0) is 0 Å². The van der Waals surface area contributed by atoms with E-state index < -0.39 is 17.2 Å². The molecule has 22 heavy (non-hydrogen) atoms. The average Bonchev–Trinajstić information content (AvgIpc) is 2.45. The highest BCUT2D eigenvalue weighted by molar-refractivity contribution is 5.74. The van der Waals surface area contributed by atoms with Gasteiger partial charge in [0, 0.05) is 30.7 Å². The summed E-state index contributed by atoms with van der Waals surface area (Å²) in [5.41, 5.74) is -0.126. The maximum atomic E-state index is 13.7. The first-order valence-electron chi connectivity index (χ1n) is 7.43. The molecule has 0 aromatic heterocycles. The summed E-state index contributed by atoms with van der Waals surface area (Å²) in [6, 6.07) is 3.05. The number of urea groups is 1. The summed E-state index contributed by atoms with van der Waals surface area (Å²) in [7, 11) is 0. The first-order valence-corrected chi connectivity index (χ1v) is 7.43. The normalized spacial score (nSPS) is 15.0. The summed E-state index contributed by atoms with van der Waals surface area (Å²) < 4.78 is 26.5. The molecule has 0 saturated heterocycles. The Morgan fingerprint density at radius 1 is 1.41 bits per heavy atom. The van der Waals surface area contributed by atoms with Crippen molar-refractivity contribution in [2.24, 2.45) is 0 Å². The van der Waals surface area contributed by atoms with E-state index in [9.17, 15) is 13.6 Å². The van der Waals surface area contributed by atoms with Crippen molar-refractivity contribution in [2.45, 2.75) is 45.1 Å². The van der Waals surface area contributed by atoms with Crippen LogP contribution < -0.4 is 10.6 Å². The van der Waals surface area contributed by atoms with Gasteiger partial charge in [-0.25, -0.2) is 13.6 Å². The largest absolute Gasteiger partial charge is 0.396 e. The van der Waals surface area contributed by atoms with E-state index in [0.717, 1.165) is 6.07 Å². The fourth-order valence-corrected chi connectivity index (χ4v) is 2.15. The highest BCUT2D eigenvalue weighted by atomic mass is 19.1. The molecule has 0 aliphatic rings. The molecule has 3 N–H and O–H groups in total. The van der Waals surface area contributed by atoms with Crippen molar-refractivity contribution in [3.63, 3.8) is 0 Å². The van der Waals surface area contributed by atoms with Crippen LogP contribution in [0.25, 0.3) is 0 Å². The van der Waals surface area contributed by atoms with Crippen LogP contribution in [0.3, 0.4) is 0 Å². The second-order valence-electron chi connectivity index (χ2n) is 5.79. The molecule has 0 heterocycles. The van der Waals surface area contributed by atoms with Crippen molar-refractivity contribution in [1.29, 1.82) is 0 Å². The first kappa shape index (κ1) is 18.4. The van der Waals surface area contributed by atoms with E-state index in [0.29, 0.717) is 18.4 Å². The number of aliphatic hydroxyl groups excluding tert-OH is 1. The summed E-state index contributed by atoms with van der Waals surface area (Å²) in [6.07, 6.45) is 1.14. The van der Waals surface area contributed by atoms with Crippen LogP contribution in [0.5, 0.6) is 0 Å². The fraction of sp³-hybridized carbons (Fsp3) is 0.562. The molecule has 2 atom stereocenters. The molecule has 0 radical (unpaired) electrons. The molecule has 1 aromatic carbocycles. The Balaban J connectivity index is 2.56. The topological polar surface area (TPSA) is 61.4 Å². The molecule has 1 rings (SSSR count). The van der Waals surface area contributed by atoms with E-state index in [1.807, 2.05) is 13.8 Å². The van der Waals surface area contributed by atoms with Crippen LogP contribution in [-0.4, -0.2) is 29.8 Å². The van der Waals surface area contributed by atoms with Crippen LogP contribution in [0.1, 0.15) is 45.1 Å². The quantitative estimate of drug-likeness (QED) is 0.724. The number of carbonyl (C=O) groups excluding carboxylic acids is 1. The molecule has 2 amide bonds. The number of rotatable bonds is 7. The minimum atomic E-state index is -0.623. The number of hydrogen-bond donors (Lipinski definition) is 3. The van der Waals surface area contributed by atoms with Crippen molar-refractivity contribution < 1.29 is 18.7 Å². The highest BCUT2D eigenvalue weighted by Crippen LogP contribution is 2.19. The molecule has 0 aliphatic carbocycles. The lowest BCUT2D eigenvalue weighted by Crippen LogP contribution is -2.50. The van der Waals surface area contributed by atoms with Gasteiger partial charge in [-0.3, -0.25) is 0 Å². The number of amides is 2. The van der Waals surface area contributed by atoms with E-state index in [1.165, 1.54) is 12.1 Å². The van der Waals surface area contributed by atoms with Crippen LogP contribution in [0.15, 0.2) is 18.2 Å².